The molecule has 7 heteroatoms. The maximum absolute atomic E-state index is 12.2. The molecule has 0 amide bonds. The maximum atomic E-state index is 12.2. The standard InChI is InChI=1S/C13H15N3O2S2/c1-16-8-7-11-12(9-16)19-13(14-11)15-20(17,18)10-5-3-2-4-6-10/h2-6H,7-9H2,1H3,(H,14,15). The molecule has 1 aromatic carbocycles. The van der Waals surface area contributed by atoms with Crippen molar-refractivity contribution in [2.75, 3.05) is 18.3 Å². The first-order chi connectivity index (χ1) is 9.54. The van der Waals surface area contributed by atoms with Gasteiger partial charge < -0.3 is 4.90 Å². The molecule has 0 unspecified atom stereocenters. The molecule has 1 N–H and O–H groups in total. The summed E-state index contributed by atoms with van der Waals surface area (Å²) in [7, 11) is -1.49. The zero-order chi connectivity index (χ0) is 14.2. The quantitative estimate of drug-likeness (QED) is 0.941. The van der Waals surface area contributed by atoms with Gasteiger partial charge in [-0.2, -0.15) is 0 Å². The van der Waals surface area contributed by atoms with Gasteiger partial charge in [-0.25, -0.2) is 13.4 Å². The summed E-state index contributed by atoms with van der Waals surface area (Å²) in [5.74, 6) is 0. The second kappa shape index (κ2) is 5.16. The van der Waals surface area contributed by atoms with E-state index in [1.807, 2.05) is 0 Å². The highest BCUT2D eigenvalue weighted by molar-refractivity contribution is 7.93. The molecular formula is C13H15N3O2S2. The van der Waals surface area contributed by atoms with Crippen LogP contribution in [0.2, 0.25) is 0 Å². The molecule has 0 saturated carbocycles. The molecule has 2 heterocycles. The minimum atomic E-state index is -3.54. The second-order valence-electron chi connectivity index (χ2n) is 4.80. The van der Waals surface area contributed by atoms with Crippen molar-refractivity contribution in [2.24, 2.45) is 0 Å². The summed E-state index contributed by atoms with van der Waals surface area (Å²) in [4.78, 5) is 8.00. The van der Waals surface area contributed by atoms with Crippen LogP contribution >= 0.6 is 11.3 Å². The predicted octanol–water partition coefficient (Wildman–Crippen LogP) is 1.93. The Kier molecular flexibility index (Phi) is 3.49. The first-order valence-electron chi connectivity index (χ1n) is 6.29. The van der Waals surface area contributed by atoms with Gasteiger partial charge in [0.1, 0.15) is 0 Å². The first kappa shape index (κ1) is 13.5. The van der Waals surface area contributed by atoms with E-state index in [4.69, 9.17) is 0 Å². The normalized spacial score (nSPS) is 15.8. The van der Waals surface area contributed by atoms with E-state index in [9.17, 15) is 8.42 Å². The molecule has 1 aromatic heterocycles. The molecular weight excluding hydrogens is 294 g/mol. The SMILES string of the molecule is CN1CCc2nc(NS(=O)(=O)c3ccccc3)sc2C1. The van der Waals surface area contributed by atoms with Crippen molar-refractivity contribution in [3.63, 3.8) is 0 Å². The Labute approximate surface area is 122 Å². The summed E-state index contributed by atoms with van der Waals surface area (Å²) in [5.41, 5.74) is 1.01. The van der Waals surface area contributed by atoms with E-state index in [0.29, 0.717) is 5.13 Å². The average molecular weight is 309 g/mol. The maximum Gasteiger partial charge on any atom is 0.263 e. The number of rotatable bonds is 3. The van der Waals surface area contributed by atoms with Gasteiger partial charge in [-0.1, -0.05) is 29.5 Å². The summed E-state index contributed by atoms with van der Waals surface area (Å²) < 4.78 is 27.0. The van der Waals surface area contributed by atoms with Gasteiger partial charge >= 0.3 is 0 Å². The van der Waals surface area contributed by atoms with E-state index in [1.165, 1.54) is 11.3 Å². The minimum Gasteiger partial charge on any atom is -0.301 e. The lowest BCUT2D eigenvalue weighted by atomic mass is 10.2. The van der Waals surface area contributed by atoms with Crippen molar-refractivity contribution >= 4 is 26.5 Å². The summed E-state index contributed by atoms with van der Waals surface area (Å²) in [5, 5.41) is 0.453. The van der Waals surface area contributed by atoms with Gasteiger partial charge in [0.2, 0.25) is 0 Å². The van der Waals surface area contributed by atoms with Gasteiger partial charge in [0.15, 0.2) is 5.13 Å². The lowest BCUT2D eigenvalue weighted by molar-refractivity contribution is 0.314. The van der Waals surface area contributed by atoms with E-state index in [1.54, 1.807) is 30.3 Å². The molecule has 0 atom stereocenters. The molecule has 1 aliphatic heterocycles. The van der Waals surface area contributed by atoms with Gasteiger partial charge in [-0.15, -0.1) is 0 Å². The molecule has 0 saturated heterocycles. The third kappa shape index (κ3) is 2.70. The Hall–Kier alpha value is -1.44. The van der Waals surface area contributed by atoms with Crippen molar-refractivity contribution < 1.29 is 8.42 Å². The number of hydrogen-bond acceptors (Lipinski definition) is 5. The summed E-state index contributed by atoms with van der Waals surface area (Å²) in [6.45, 7) is 1.79. The summed E-state index contributed by atoms with van der Waals surface area (Å²) >= 11 is 1.42. The molecule has 2 aromatic rings. The average Bonchev–Trinajstić information content (AvgIpc) is 2.80. The number of fused-ring (bicyclic) bond motifs is 1. The van der Waals surface area contributed by atoms with Crippen LogP contribution in [0.3, 0.4) is 0 Å². The third-order valence-corrected chi connectivity index (χ3v) is 5.68. The minimum absolute atomic E-state index is 0.255. The smallest absolute Gasteiger partial charge is 0.263 e. The van der Waals surface area contributed by atoms with E-state index >= 15 is 0 Å². The number of hydrogen-bond donors (Lipinski definition) is 1. The van der Waals surface area contributed by atoms with Gasteiger partial charge in [0.25, 0.3) is 10.0 Å². The Morgan fingerprint density at radius 3 is 2.80 bits per heavy atom. The van der Waals surface area contributed by atoms with Crippen LogP contribution in [-0.2, 0) is 23.0 Å². The van der Waals surface area contributed by atoms with Crippen molar-refractivity contribution in [1.82, 2.24) is 9.88 Å². The molecule has 20 heavy (non-hydrogen) atoms. The number of benzene rings is 1. The van der Waals surface area contributed by atoms with Gasteiger partial charge in [0, 0.05) is 24.4 Å². The zero-order valence-corrected chi connectivity index (χ0v) is 12.7. The zero-order valence-electron chi connectivity index (χ0n) is 11.0. The highest BCUT2D eigenvalue weighted by atomic mass is 32.2. The molecule has 106 valence electrons. The fraction of sp³-hybridized carbons (Fsp3) is 0.308. The number of nitrogens with one attached hydrogen (secondary N) is 1. The van der Waals surface area contributed by atoms with Gasteiger partial charge in [-0.05, 0) is 19.2 Å². The van der Waals surface area contributed by atoms with Crippen LogP contribution in [0.15, 0.2) is 35.2 Å². The number of nitrogens with zero attached hydrogens (tertiary/aromatic N) is 2. The third-order valence-electron chi connectivity index (χ3n) is 3.20. The summed E-state index contributed by atoms with van der Waals surface area (Å²) in [6, 6.07) is 8.34. The van der Waals surface area contributed by atoms with E-state index in [0.717, 1.165) is 30.1 Å². The monoisotopic (exact) mass is 309 g/mol. The Bertz CT molecular complexity index is 710. The van der Waals surface area contributed by atoms with E-state index in [2.05, 4.69) is 21.7 Å². The molecule has 0 aliphatic carbocycles. The number of sulfonamides is 1. The fourth-order valence-electron chi connectivity index (χ4n) is 2.14. The van der Waals surface area contributed by atoms with E-state index in [-0.39, 0.29) is 4.90 Å². The lowest BCUT2D eigenvalue weighted by Gasteiger charge is -2.20. The van der Waals surface area contributed by atoms with Gasteiger partial charge in [-0.3, -0.25) is 4.72 Å². The molecule has 0 bridgehead atoms. The predicted molar refractivity (Wildman–Crippen MR) is 79.4 cm³/mol. The van der Waals surface area contributed by atoms with Crippen LogP contribution in [0.4, 0.5) is 5.13 Å². The Morgan fingerprint density at radius 1 is 1.30 bits per heavy atom. The number of anilines is 1. The van der Waals surface area contributed by atoms with Crippen LogP contribution in [0.25, 0.3) is 0 Å². The largest absolute Gasteiger partial charge is 0.301 e. The molecule has 3 rings (SSSR count). The first-order valence-corrected chi connectivity index (χ1v) is 8.59. The van der Waals surface area contributed by atoms with E-state index < -0.39 is 10.0 Å². The van der Waals surface area contributed by atoms with Crippen LogP contribution in [-0.4, -0.2) is 31.9 Å². The van der Waals surface area contributed by atoms with Crippen molar-refractivity contribution in [3.8, 4) is 0 Å². The fourth-order valence-corrected chi connectivity index (χ4v) is 4.48. The topological polar surface area (TPSA) is 62.3 Å². The van der Waals surface area contributed by atoms with Crippen LogP contribution in [0, 0.1) is 0 Å². The number of likely N-dealkylation sites (N-methyl/N-ethyl adjacent to an activating group) is 1. The number of thiazole rings is 1. The van der Waals surface area contributed by atoms with Gasteiger partial charge in [0.05, 0.1) is 10.6 Å². The highest BCUT2D eigenvalue weighted by Gasteiger charge is 2.21. The lowest BCUT2D eigenvalue weighted by Crippen LogP contribution is -2.25. The van der Waals surface area contributed by atoms with Crippen molar-refractivity contribution in [2.45, 2.75) is 17.9 Å². The molecule has 5 nitrogen and oxygen atoms in total. The molecule has 0 spiro atoms. The molecule has 0 fully saturated rings. The van der Waals surface area contributed by atoms with Crippen molar-refractivity contribution in [1.29, 1.82) is 0 Å². The Balaban J connectivity index is 1.85. The highest BCUT2D eigenvalue weighted by Crippen LogP contribution is 2.29. The van der Waals surface area contributed by atoms with Crippen LogP contribution in [0.1, 0.15) is 10.6 Å². The summed E-state index contributed by atoms with van der Waals surface area (Å²) in [6.07, 6.45) is 0.870. The Morgan fingerprint density at radius 2 is 2.05 bits per heavy atom. The molecule has 1 aliphatic rings. The van der Waals surface area contributed by atoms with Crippen molar-refractivity contribution in [3.05, 3.63) is 40.9 Å². The molecule has 0 radical (unpaired) electrons. The van der Waals surface area contributed by atoms with Crippen LogP contribution < -0.4 is 4.72 Å². The van der Waals surface area contributed by atoms with Crippen LogP contribution in [0.5, 0.6) is 0 Å². The number of aromatic nitrogens is 1. The second-order valence-corrected chi connectivity index (χ2v) is 7.56.